The van der Waals surface area contributed by atoms with Gasteiger partial charge in [-0.25, -0.2) is 0 Å². The van der Waals surface area contributed by atoms with Gasteiger partial charge in [-0.15, -0.1) is 0 Å². The Balaban J connectivity index is 2.65. The van der Waals surface area contributed by atoms with Gasteiger partial charge >= 0.3 is 10.1 Å². The van der Waals surface area contributed by atoms with Crippen LogP contribution in [-0.2, 0) is 10.1 Å². The number of rotatable bonds is 12. The average Bonchev–Trinajstić information content (AvgIpc) is 2.50. The van der Waals surface area contributed by atoms with Gasteiger partial charge in [0.1, 0.15) is 5.75 Å². The lowest BCUT2D eigenvalue weighted by molar-refractivity contribution is 0.449. The van der Waals surface area contributed by atoms with Crippen LogP contribution in [0.5, 0.6) is 5.75 Å². The Hall–Kier alpha value is -1.03. The Labute approximate surface area is 136 Å². The molecule has 22 heavy (non-hydrogen) atoms. The van der Waals surface area contributed by atoms with E-state index in [1.807, 2.05) is 6.07 Å². The zero-order chi connectivity index (χ0) is 16.3. The molecule has 4 heteroatoms. The van der Waals surface area contributed by atoms with Gasteiger partial charge < -0.3 is 4.18 Å². The Morgan fingerprint density at radius 1 is 0.864 bits per heavy atom. The molecule has 3 nitrogen and oxygen atoms in total. The third kappa shape index (κ3) is 7.30. The van der Waals surface area contributed by atoms with Crippen LogP contribution in [-0.4, -0.2) is 13.7 Å². The lowest BCUT2D eigenvalue weighted by atomic mass is 10.1. The van der Waals surface area contributed by atoms with Crippen molar-refractivity contribution in [3.8, 4) is 5.75 Å². The maximum absolute atomic E-state index is 12.5. The monoisotopic (exact) mass is 326 g/mol. The van der Waals surface area contributed by atoms with E-state index >= 15 is 0 Å². The molecule has 0 aliphatic rings. The van der Waals surface area contributed by atoms with E-state index < -0.39 is 10.1 Å². The lowest BCUT2D eigenvalue weighted by Gasteiger charge is -2.18. The summed E-state index contributed by atoms with van der Waals surface area (Å²) >= 11 is 0. The van der Waals surface area contributed by atoms with Crippen molar-refractivity contribution in [1.29, 1.82) is 0 Å². The third-order valence-electron chi connectivity index (χ3n) is 3.87. The summed E-state index contributed by atoms with van der Waals surface area (Å²) in [7, 11) is -3.54. The molecule has 0 amide bonds. The minimum atomic E-state index is -3.54. The van der Waals surface area contributed by atoms with E-state index in [4.69, 9.17) is 4.18 Å². The number of unbranched alkanes of at least 4 members (excludes halogenated alkanes) is 5. The van der Waals surface area contributed by atoms with Crippen molar-refractivity contribution in [3.05, 3.63) is 30.3 Å². The highest BCUT2D eigenvalue weighted by Gasteiger charge is 2.26. The molecular weight excluding hydrogens is 296 g/mol. The van der Waals surface area contributed by atoms with Crippen molar-refractivity contribution >= 4 is 10.1 Å². The topological polar surface area (TPSA) is 43.4 Å². The second-order valence-corrected chi connectivity index (χ2v) is 7.68. The Kier molecular flexibility index (Phi) is 9.21. The minimum Gasteiger partial charge on any atom is -0.382 e. The highest BCUT2D eigenvalue weighted by molar-refractivity contribution is 7.87. The van der Waals surface area contributed by atoms with Crippen molar-refractivity contribution in [2.75, 3.05) is 0 Å². The summed E-state index contributed by atoms with van der Waals surface area (Å²) in [6.45, 7) is 4.29. The number of hydrogen-bond acceptors (Lipinski definition) is 3. The van der Waals surface area contributed by atoms with Crippen molar-refractivity contribution in [2.45, 2.75) is 76.9 Å². The third-order valence-corrected chi connectivity index (χ3v) is 5.59. The Bertz CT molecular complexity index is 482. The Morgan fingerprint density at radius 3 is 2.00 bits per heavy atom. The van der Waals surface area contributed by atoms with Crippen molar-refractivity contribution in [3.63, 3.8) is 0 Å². The molecule has 0 saturated heterocycles. The van der Waals surface area contributed by atoms with Crippen molar-refractivity contribution < 1.29 is 12.6 Å². The standard InChI is InChI=1S/C18H30O3S/c1-3-5-7-12-16-18(15-9-6-4-2)22(19,20)21-17-13-10-8-11-14-17/h8,10-11,13-14,18H,3-7,9,12,15-16H2,1-2H3. The van der Waals surface area contributed by atoms with Gasteiger partial charge in [-0.1, -0.05) is 77.0 Å². The van der Waals surface area contributed by atoms with E-state index in [9.17, 15) is 8.42 Å². The van der Waals surface area contributed by atoms with Crippen LogP contribution in [0.1, 0.15) is 71.6 Å². The van der Waals surface area contributed by atoms with E-state index in [1.165, 1.54) is 6.42 Å². The molecule has 0 heterocycles. The molecule has 1 unspecified atom stereocenters. The van der Waals surface area contributed by atoms with Gasteiger partial charge in [0, 0.05) is 0 Å². The predicted octanol–water partition coefficient (Wildman–Crippen LogP) is 5.31. The quantitative estimate of drug-likeness (QED) is 0.386. The number of hydrogen-bond donors (Lipinski definition) is 0. The van der Waals surface area contributed by atoms with Crippen LogP contribution in [0.15, 0.2) is 30.3 Å². The molecule has 1 aromatic rings. The summed E-state index contributed by atoms with van der Waals surface area (Å²) in [5.74, 6) is 0.413. The van der Waals surface area contributed by atoms with Crippen LogP contribution in [0.2, 0.25) is 0 Å². The minimum absolute atomic E-state index is 0.379. The van der Waals surface area contributed by atoms with Crippen LogP contribution in [0.4, 0.5) is 0 Å². The fourth-order valence-electron chi connectivity index (χ4n) is 2.53. The van der Waals surface area contributed by atoms with Gasteiger partial charge in [0.15, 0.2) is 0 Å². The van der Waals surface area contributed by atoms with Gasteiger partial charge in [0.2, 0.25) is 0 Å². The first-order valence-corrected chi connectivity index (χ1v) is 10.1. The first-order chi connectivity index (χ1) is 10.6. The van der Waals surface area contributed by atoms with Crippen LogP contribution in [0.25, 0.3) is 0 Å². The molecule has 0 spiro atoms. The normalized spacial score (nSPS) is 13.0. The van der Waals surface area contributed by atoms with Crippen molar-refractivity contribution in [2.24, 2.45) is 0 Å². The molecule has 1 atom stereocenters. The highest BCUT2D eigenvalue weighted by atomic mass is 32.2. The van der Waals surface area contributed by atoms with E-state index in [2.05, 4.69) is 13.8 Å². The number of para-hydroxylation sites is 1. The molecule has 0 bridgehead atoms. The molecule has 0 saturated carbocycles. The van der Waals surface area contributed by atoms with Gasteiger partial charge in [0.05, 0.1) is 5.25 Å². The van der Waals surface area contributed by atoms with Crippen LogP contribution in [0.3, 0.4) is 0 Å². The van der Waals surface area contributed by atoms with Gasteiger partial charge in [-0.05, 0) is 25.0 Å². The maximum atomic E-state index is 12.5. The molecular formula is C18H30O3S. The largest absolute Gasteiger partial charge is 0.382 e. The predicted molar refractivity (Wildman–Crippen MR) is 92.7 cm³/mol. The molecule has 126 valence electrons. The smallest absolute Gasteiger partial charge is 0.312 e. The summed E-state index contributed by atoms with van der Waals surface area (Å²) < 4.78 is 30.4. The SMILES string of the molecule is CCCCCCC(CCCCC)S(=O)(=O)Oc1ccccc1. The fraction of sp³-hybridized carbons (Fsp3) is 0.667. The van der Waals surface area contributed by atoms with Gasteiger partial charge in [0.25, 0.3) is 0 Å². The summed E-state index contributed by atoms with van der Waals surface area (Å²) in [4.78, 5) is 0. The van der Waals surface area contributed by atoms with Crippen LogP contribution < -0.4 is 4.18 Å². The van der Waals surface area contributed by atoms with Gasteiger partial charge in [-0.3, -0.25) is 0 Å². The average molecular weight is 327 g/mol. The fourth-order valence-corrected chi connectivity index (χ4v) is 3.96. The van der Waals surface area contributed by atoms with Crippen LogP contribution >= 0.6 is 0 Å². The highest BCUT2D eigenvalue weighted by Crippen LogP contribution is 2.22. The zero-order valence-corrected chi connectivity index (χ0v) is 14.8. The first kappa shape index (κ1) is 19.0. The molecule has 0 aliphatic carbocycles. The van der Waals surface area contributed by atoms with E-state index in [0.717, 1.165) is 38.5 Å². The second-order valence-electron chi connectivity index (χ2n) is 5.86. The molecule has 1 aromatic carbocycles. The summed E-state index contributed by atoms with van der Waals surface area (Å²) in [5, 5.41) is -0.379. The van der Waals surface area contributed by atoms with Crippen LogP contribution in [0, 0.1) is 0 Å². The second kappa shape index (κ2) is 10.7. The summed E-state index contributed by atoms with van der Waals surface area (Å²) in [6, 6.07) is 8.81. The summed E-state index contributed by atoms with van der Waals surface area (Å²) in [5.41, 5.74) is 0. The first-order valence-electron chi connectivity index (χ1n) is 8.58. The molecule has 0 fully saturated rings. The van der Waals surface area contributed by atoms with Gasteiger partial charge in [-0.2, -0.15) is 8.42 Å². The molecule has 0 N–H and O–H groups in total. The summed E-state index contributed by atoms with van der Waals surface area (Å²) in [6.07, 6.45) is 8.92. The zero-order valence-electron chi connectivity index (χ0n) is 14.0. The van der Waals surface area contributed by atoms with E-state index in [1.54, 1.807) is 24.3 Å². The molecule has 1 rings (SSSR count). The molecule has 0 radical (unpaired) electrons. The van der Waals surface area contributed by atoms with E-state index in [-0.39, 0.29) is 5.25 Å². The molecule has 0 aliphatic heterocycles. The van der Waals surface area contributed by atoms with Crippen molar-refractivity contribution in [1.82, 2.24) is 0 Å². The molecule has 0 aromatic heterocycles. The van der Waals surface area contributed by atoms with E-state index in [0.29, 0.717) is 18.6 Å². The Morgan fingerprint density at radius 2 is 1.41 bits per heavy atom. The number of benzene rings is 1. The maximum Gasteiger partial charge on any atom is 0.312 e. The lowest BCUT2D eigenvalue weighted by Crippen LogP contribution is -2.26.